The van der Waals surface area contributed by atoms with Gasteiger partial charge in [0.2, 0.25) is 0 Å². The van der Waals surface area contributed by atoms with Crippen LogP contribution in [0.5, 0.6) is 0 Å². The molecule has 0 aliphatic rings. The van der Waals surface area contributed by atoms with Crippen LogP contribution < -0.4 is 5.73 Å². The molecule has 0 bridgehead atoms. The monoisotopic (exact) mass is 241 g/mol. The number of ketones is 1. The van der Waals surface area contributed by atoms with Gasteiger partial charge in [0.25, 0.3) is 0 Å². The molecular formula is C15H31NO. The van der Waals surface area contributed by atoms with Crippen molar-refractivity contribution < 1.29 is 4.79 Å². The Balaban J connectivity index is 3.33. The second kappa shape index (κ2) is 12.1. The van der Waals surface area contributed by atoms with Gasteiger partial charge >= 0.3 is 0 Å². The highest BCUT2D eigenvalue weighted by Gasteiger charge is 2.09. The maximum absolute atomic E-state index is 11.7. The summed E-state index contributed by atoms with van der Waals surface area (Å²) in [4.78, 5) is 11.7. The van der Waals surface area contributed by atoms with E-state index < -0.39 is 0 Å². The molecule has 1 unspecified atom stereocenters. The third-order valence-electron chi connectivity index (χ3n) is 3.49. The topological polar surface area (TPSA) is 43.1 Å². The fourth-order valence-electron chi connectivity index (χ4n) is 2.10. The number of carbonyl (C=O) groups is 1. The molecule has 2 nitrogen and oxygen atoms in total. The predicted octanol–water partition coefficient (Wildman–Crippen LogP) is 4.07. The molecule has 0 aromatic heterocycles. The van der Waals surface area contributed by atoms with Gasteiger partial charge in [0, 0.05) is 12.8 Å². The van der Waals surface area contributed by atoms with Crippen molar-refractivity contribution in [1.82, 2.24) is 0 Å². The Bertz CT molecular complexity index is 176. The lowest BCUT2D eigenvalue weighted by Crippen LogP contribution is -2.17. The average Bonchev–Trinajstić information content (AvgIpc) is 2.34. The number of hydrogen-bond donors (Lipinski definition) is 1. The molecule has 2 heteroatoms. The Labute approximate surface area is 107 Å². The minimum absolute atomic E-state index is 0.409. The molecule has 0 saturated carbocycles. The van der Waals surface area contributed by atoms with Crippen LogP contribution in [0.3, 0.4) is 0 Å². The van der Waals surface area contributed by atoms with Gasteiger partial charge in [-0.2, -0.15) is 0 Å². The molecule has 0 saturated heterocycles. The lowest BCUT2D eigenvalue weighted by Gasteiger charge is -2.10. The zero-order chi connectivity index (χ0) is 12.9. The van der Waals surface area contributed by atoms with Gasteiger partial charge in [-0.25, -0.2) is 0 Å². The van der Waals surface area contributed by atoms with Crippen molar-refractivity contribution in [3.63, 3.8) is 0 Å². The predicted molar refractivity (Wildman–Crippen MR) is 75.1 cm³/mol. The molecule has 0 spiro atoms. The largest absolute Gasteiger partial charge is 0.330 e. The first-order chi connectivity index (χ1) is 8.24. The number of Topliss-reactive ketones (excluding diaryl/α,β-unsaturated/α-hetero) is 1. The minimum atomic E-state index is 0.409. The Morgan fingerprint density at radius 2 is 1.59 bits per heavy atom. The van der Waals surface area contributed by atoms with Crippen LogP contribution in [0.25, 0.3) is 0 Å². The van der Waals surface area contributed by atoms with E-state index in [0.29, 0.717) is 24.7 Å². The molecule has 1 atom stereocenters. The summed E-state index contributed by atoms with van der Waals surface area (Å²) in [5, 5.41) is 0. The van der Waals surface area contributed by atoms with Crippen molar-refractivity contribution in [1.29, 1.82) is 0 Å². The third kappa shape index (κ3) is 10.5. The minimum Gasteiger partial charge on any atom is -0.330 e. The summed E-state index contributed by atoms with van der Waals surface area (Å²) in [5.74, 6) is 0.822. The van der Waals surface area contributed by atoms with E-state index in [1.807, 2.05) is 0 Å². The molecule has 0 radical (unpaired) electrons. The second-order valence-corrected chi connectivity index (χ2v) is 5.12. The van der Waals surface area contributed by atoms with E-state index in [2.05, 4.69) is 13.8 Å². The first-order valence-corrected chi connectivity index (χ1v) is 7.46. The van der Waals surface area contributed by atoms with E-state index in [1.54, 1.807) is 0 Å². The Morgan fingerprint density at radius 1 is 1.00 bits per heavy atom. The van der Waals surface area contributed by atoms with Crippen molar-refractivity contribution in [3.8, 4) is 0 Å². The highest BCUT2D eigenvalue weighted by Crippen LogP contribution is 2.12. The fraction of sp³-hybridized carbons (Fsp3) is 0.933. The van der Waals surface area contributed by atoms with Crippen LogP contribution >= 0.6 is 0 Å². The summed E-state index contributed by atoms with van der Waals surface area (Å²) in [5.41, 5.74) is 5.60. The standard InChI is InChI=1S/C15H31NO/c1-3-5-6-7-8-9-10-11-15(17)12-14(4-2)13-16/h14H,3-13,16H2,1-2H3. The Kier molecular flexibility index (Phi) is 11.8. The van der Waals surface area contributed by atoms with Crippen molar-refractivity contribution in [2.45, 2.75) is 78.1 Å². The van der Waals surface area contributed by atoms with Crippen molar-refractivity contribution >= 4 is 5.78 Å². The van der Waals surface area contributed by atoms with Gasteiger partial charge in [0.15, 0.2) is 0 Å². The maximum atomic E-state index is 11.7. The third-order valence-corrected chi connectivity index (χ3v) is 3.49. The smallest absolute Gasteiger partial charge is 0.133 e. The van der Waals surface area contributed by atoms with E-state index >= 15 is 0 Å². The van der Waals surface area contributed by atoms with Gasteiger partial charge in [0.05, 0.1) is 0 Å². The van der Waals surface area contributed by atoms with Gasteiger partial charge in [-0.1, -0.05) is 58.8 Å². The average molecular weight is 241 g/mol. The highest BCUT2D eigenvalue weighted by molar-refractivity contribution is 5.78. The second-order valence-electron chi connectivity index (χ2n) is 5.12. The van der Waals surface area contributed by atoms with Crippen LogP contribution in [0, 0.1) is 5.92 Å². The summed E-state index contributed by atoms with van der Waals surface area (Å²) < 4.78 is 0. The van der Waals surface area contributed by atoms with Crippen LogP contribution in [0.4, 0.5) is 0 Å². The molecule has 0 fully saturated rings. The van der Waals surface area contributed by atoms with E-state index in [4.69, 9.17) is 5.73 Å². The summed E-state index contributed by atoms with van der Waals surface area (Å²) in [6, 6.07) is 0. The number of rotatable bonds is 12. The van der Waals surface area contributed by atoms with Crippen LogP contribution in [-0.4, -0.2) is 12.3 Å². The van der Waals surface area contributed by atoms with Gasteiger partial charge in [-0.15, -0.1) is 0 Å². The fourth-order valence-corrected chi connectivity index (χ4v) is 2.10. The van der Waals surface area contributed by atoms with E-state index in [-0.39, 0.29) is 0 Å². The Morgan fingerprint density at radius 3 is 2.12 bits per heavy atom. The van der Waals surface area contributed by atoms with Gasteiger partial charge in [-0.3, -0.25) is 4.79 Å². The first-order valence-electron chi connectivity index (χ1n) is 7.46. The maximum Gasteiger partial charge on any atom is 0.133 e. The van der Waals surface area contributed by atoms with E-state index in [0.717, 1.165) is 19.3 Å². The number of hydrogen-bond acceptors (Lipinski definition) is 2. The molecule has 2 N–H and O–H groups in total. The summed E-state index contributed by atoms with van der Waals surface area (Å²) in [6.45, 7) is 5.00. The molecule has 0 aliphatic carbocycles. The molecule has 0 heterocycles. The highest BCUT2D eigenvalue weighted by atomic mass is 16.1. The van der Waals surface area contributed by atoms with Gasteiger partial charge in [-0.05, 0) is 18.9 Å². The van der Waals surface area contributed by atoms with Crippen LogP contribution in [0.1, 0.15) is 78.1 Å². The zero-order valence-electron chi connectivity index (χ0n) is 11.8. The number of unbranched alkanes of at least 4 members (excludes halogenated alkanes) is 6. The van der Waals surface area contributed by atoms with Crippen LogP contribution in [0.15, 0.2) is 0 Å². The summed E-state index contributed by atoms with van der Waals surface area (Å²) in [6.07, 6.45) is 11.4. The molecule has 0 aliphatic heterocycles. The van der Waals surface area contributed by atoms with Crippen molar-refractivity contribution in [3.05, 3.63) is 0 Å². The molecule has 0 rings (SSSR count). The van der Waals surface area contributed by atoms with Crippen molar-refractivity contribution in [2.24, 2.45) is 11.7 Å². The van der Waals surface area contributed by atoms with Crippen LogP contribution in [0.2, 0.25) is 0 Å². The molecule has 0 amide bonds. The van der Waals surface area contributed by atoms with Crippen molar-refractivity contribution in [2.75, 3.05) is 6.54 Å². The van der Waals surface area contributed by atoms with Gasteiger partial charge < -0.3 is 5.73 Å². The number of nitrogens with two attached hydrogens (primary N) is 1. The SMILES string of the molecule is CCCCCCCCCC(=O)CC(CC)CN. The quantitative estimate of drug-likeness (QED) is 0.523. The normalized spacial score (nSPS) is 12.6. The van der Waals surface area contributed by atoms with E-state index in [1.165, 1.54) is 38.5 Å². The van der Waals surface area contributed by atoms with Gasteiger partial charge in [0.1, 0.15) is 5.78 Å². The first kappa shape index (κ1) is 16.6. The van der Waals surface area contributed by atoms with Crippen LogP contribution in [-0.2, 0) is 4.79 Å². The molecular weight excluding hydrogens is 210 g/mol. The summed E-state index contributed by atoms with van der Waals surface area (Å²) >= 11 is 0. The Hall–Kier alpha value is -0.370. The molecule has 102 valence electrons. The molecule has 17 heavy (non-hydrogen) atoms. The van der Waals surface area contributed by atoms with E-state index in [9.17, 15) is 4.79 Å². The lowest BCUT2D eigenvalue weighted by atomic mass is 9.97. The zero-order valence-corrected chi connectivity index (χ0v) is 11.8. The summed E-state index contributed by atoms with van der Waals surface area (Å²) in [7, 11) is 0. The lowest BCUT2D eigenvalue weighted by molar-refractivity contribution is -0.120. The number of carbonyl (C=O) groups excluding carboxylic acids is 1. The molecule has 0 aromatic carbocycles. The molecule has 0 aromatic rings.